The van der Waals surface area contributed by atoms with Crippen molar-refractivity contribution in [2.45, 2.75) is 57.1 Å². The van der Waals surface area contributed by atoms with E-state index < -0.39 is 53.5 Å². The second-order valence-corrected chi connectivity index (χ2v) is 9.40. The molecule has 9 nitrogen and oxygen atoms in total. The first-order chi connectivity index (χ1) is 18.6. The number of halogens is 4. The number of carbonyl (C=O) groups is 2. The van der Waals surface area contributed by atoms with Crippen LogP contribution in [-0.2, 0) is 9.53 Å². The average Bonchev–Trinajstić information content (AvgIpc) is 3.17. The van der Waals surface area contributed by atoms with Crippen molar-refractivity contribution in [2.75, 3.05) is 23.3 Å². The van der Waals surface area contributed by atoms with E-state index in [0.717, 1.165) is 55.2 Å². The quantitative estimate of drug-likeness (QED) is 0.372. The molecule has 210 valence electrons. The van der Waals surface area contributed by atoms with Gasteiger partial charge in [0.2, 0.25) is 11.8 Å². The molecule has 2 aromatic rings. The molecule has 39 heavy (non-hydrogen) atoms. The van der Waals surface area contributed by atoms with Crippen LogP contribution in [0.4, 0.5) is 34.6 Å². The summed E-state index contributed by atoms with van der Waals surface area (Å²) in [6.45, 7) is -0.510. The Kier molecular flexibility index (Phi) is 9.02. The van der Waals surface area contributed by atoms with Crippen molar-refractivity contribution >= 4 is 28.9 Å². The van der Waals surface area contributed by atoms with E-state index in [4.69, 9.17) is 4.74 Å². The van der Waals surface area contributed by atoms with Gasteiger partial charge < -0.3 is 30.7 Å². The van der Waals surface area contributed by atoms with Crippen molar-refractivity contribution in [3.63, 3.8) is 0 Å². The third-order valence-corrected chi connectivity index (χ3v) is 6.59. The molecule has 0 radical (unpaired) electrons. The van der Waals surface area contributed by atoms with Crippen LogP contribution in [-0.4, -0.2) is 55.0 Å². The highest BCUT2D eigenvalue weighted by molar-refractivity contribution is 5.95. The molecule has 1 unspecified atom stereocenters. The van der Waals surface area contributed by atoms with Gasteiger partial charge in [0.1, 0.15) is 5.69 Å². The molecule has 1 aliphatic heterocycles. The van der Waals surface area contributed by atoms with E-state index in [1.807, 2.05) is 5.32 Å². The lowest BCUT2D eigenvalue weighted by Gasteiger charge is -2.22. The molecule has 2 fully saturated rings. The summed E-state index contributed by atoms with van der Waals surface area (Å²) in [4.78, 5) is 37.5. The molecule has 1 saturated heterocycles. The van der Waals surface area contributed by atoms with E-state index in [2.05, 4.69) is 10.6 Å². The smallest absolute Gasteiger partial charge is 0.315 e. The third kappa shape index (κ3) is 7.03. The summed E-state index contributed by atoms with van der Waals surface area (Å²) in [6.07, 6.45) is -0.952. The Hall–Kier alpha value is -3.71. The van der Waals surface area contributed by atoms with Gasteiger partial charge in [-0.05, 0) is 43.2 Å². The second kappa shape index (κ2) is 12.4. The van der Waals surface area contributed by atoms with E-state index in [1.165, 1.54) is 18.2 Å². The fourth-order valence-corrected chi connectivity index (χ4v) is 4.57. The van der Waals surface area contributed by atoms with E-state index in [9.17, 15) is 28.3 Å². The highest BCUT2D eigenvalue weighted by Gasteiger charge is 2.33. The molecule has 2 amide bonds. The number of amides is 2. The van der Waals surface area contributed by atoms with Crippen LogP contribution in [0.25, 0.3) is 0 Å². The molecule has 2 aromatic carbocycles. The van der Waals surface area contributed by atoms with Gasteiger partial charge in [0.05, 0.1) is 18.3 Å². The lowest BCUT2D eigenvalue weighted by Crippen LogP contribution is -2.37. The van der Waals surface area contributed by atoms with Crippen LogP contribution in [0.15, 0.2) is 41.2 Å². The van der Waals surface area contributed by atoms with Crippen molar-refractivity contribution in [3.05, 3.63) is 63.8 Å². The summed E-state index contributed by atoms with van der Waals surface area (Å²) in [5, 5.41) is 17.5. The predicted molar refractivity (Wildman–Crippen MR) is 134 cm³/mol. The van der Waals surface area contributed by atoms with Crippen LogP contribution in [0.5, 0.6) is 0 Å². The minimum atomic E-state index is -3.22. The molecule has 1 aliphatic carbocycles. The minimum Gasteiger partial charge on any atom is -0.351 e. The van der Waals surface area contributed by atoms with Gasteiger partial charge in [-0.15, -0.1) is 0 Å². The van der Waals surface area contributed by atoms with E-state index in [-0.39, 0.29) is 36.1 Å². The summed E-state index contributed by atoms with van der Waals surface area (Å²) in [7, 11) is 0. The monoisotopic (exact) mass is 552 g/mol. The fourth-order valence-electron chi connectivity index (χ4n) is 4.57. The van der Waals surface area contributed by atoms with Crippen LogP contribution in [0.1, 0.15) is 42.5 Å². The summed E-state index contributed by atoms with van der Waals surface area (Å²) < 4.78 is 60.0. The zero-order valence-electron chi connectivity index (χ0n) is 20.8. The van der Waals surface area contributed by atoms with E-state index in [0.29, 0.717) is 0 Å². The van der Waals surface area contributed by atoms with Gasteiger partial charge in [0, 0.05) is 23.8 Å². The first-order valence-electron chi connectivity index (χ1n) is 12.5. The molecule has 4 N–H and O–H groups in total. The summed E-state index contributed by atoms with van der Waals surface area (Å²) >= 11 is 0. The van der Waals surface area contributed by atoms with Gasteiger partial charge in [0.25, 0.3) is 11.8 Å². The maximum absolute atomic E-state index is 15.0. The van der Waals surface area contributed by atoms with Crippen molar-refractivity contribution in [1.82, 2.24) is 10.6 Å². The zero-order chi connectivity index (χ0) is 28.1. The van der Waals surface area contributed by atoms with Gasteiger partial charge in [-0.3, -0.25) is 14.4 Å². The standard InChI is InChI=1S/C26H28F4N4O5/c27-18-10-16(34-13-17(39-26(34)38)12-31-25(37)23(29)30)11-19(28)22(18)33-20-9-14(5-4-8-21(20)35)24(36)32-15-6-2-1-3-7-15/h4-5,8-11,15,17,23,26,38H,1-3,6-7,12-13H2,(H,31,37)(H,32,36)(H,33,35)/t17-,26?/m0/s1. The lowest BCUT2D eigenvalue weighted by molar-refractivity contribution is -0.133. The molecule has 0 spiro atoms. The van der Waals surface area contributed by atoms with Crippen molar-refractivity contribution in [1.29, 1.82) is 0 Å². The average molecular weight is 553 g/mol. The normalized spacial score (nSPS) is 19.7. The number of alkyl halides is 2. The maximum Gasteiger partial charge on any atom is 0.315 e. The summed E-state index contributed by atoms with van der Waals surface area (Å²) in [6, 6.07) is 7.01. The van der Waals surface area contributed by atoms with Crippen LogP contribution in [0.3, 0.4) is 0 Å². The van der Waals surface area contributed by atoms with Crippen molar-refractivity contribution in [3.8, 4) is 0 Å². The molecule has 1 heterocycles. The van der Waals surface area contributed by atoms with Crippen LogP contribution >= 0.6 is 0 Å². The number of ether oxygens (including phenoxy) is 1. The van der Waals surface area contributed by atoms with Gasteiger partial charge in [-0.2, -0.15) is 8.78 Å². The maximum atomic E-state index is 15.0. The summed E-state index contributed by atoms with van der Waals surface area (Å²) in [5.74, 6) is -4.13. The Morgan fingerprint density at radius 2 is 1.77 bits per heavy atom. The van der Waals surface area contributed by atoms with Gasteiger partial charge in [0.15, 0.2) is 11.6 Å². The van der Waals surface area contributed by atoms with Crippen LogP contribution in [0.2, 0.25) is 0 Å². The largest absolute Gasteiger partial charge is 0.351 e. The number of aliphatic hydroxyl groups is 1. The minimum absolute atomic E-state index is 0.0208. The van der Waals surface area contributed by atoms with Crippen molar-refractivity contribution < 1.29 is 37.0 Å². The van der Waals surface area contributed by atoms with Gasteiger partial charge in [-0.25, -0.2) is 8.78 Å². The number of rotatable bonds is 8. The molecule has 4 rings (SSSR count). The molecule has 2 atom stereocenters. The Morgan fingerprint density at radius 3 is 2.44 bits per heavy atom. The van der Waals surface area contributed by atoms with E-state index >= 15 is 8.78 Å². The van der Waals surface area contributed by atoms with Crippen molar-refractivity contribution in [2.24, 2.45) is 0 Å². The zero-order valence-corrected chi connectivity index (χ0v) is 20.8. The first kappa shape index (κ1) is 28.3. The molecule has 0 aromatic heterocycles. The molecule has 1 saturated carbocycles. The Morgan fingerprint density at radius 1 is 1.08 bits per heavy atom. The highest BCUT2D eigenvalue weighted by Crippen LogP contribution is 2.31. The Bertz CT molecular complexity index is 1250. The summed E-state index contributed by atoms with van der Waals surface area (Å²) in [5.41, 5.74) is -1.47. The SMILES string of the molecule is O=C(NC1CCCCC1)c1cccc(=O)c(Nc2c(F)cc(N3C[C@H](CNC(=O)C(F)F)OC3O)cc2F)c1. The fraction of sp³-hybridized carbons (Fsp3) is 0.423. The number of hydrogen-bond acceptors (Lipinski definition) is 7. The van der Waals surface area contributed by atoms with E-state index in [1.54, 1.807) is 0 Å². The molecular weight excluding hydrogens is 524 g/mol. The lowest BCUT2D eigenvalue weighted by atomic mass is 9.95. The predicted octanol–water partition coefficient (Wildman–Crippen LogP) is 2.99. The molecule has 2 aliphatic rings. The topological polar surface area (TPSA) is 120 Å². The highest BCUT2D eigenvalue weighted by atomic mass is 19.3. The van der Waals surface area contributed by atoms with Gasteiger partial charge >= 0.3 is 6.43 Å². The number of benzene rings is 1. The van der Waals surface area contributed by atoms with Crippen LogP contribution < -0.4 is 26.3 Å². The number of aliphatic hydroxyl groups excluding tert-OH is 1. The number of anilines is 3. The first-order valence-corrected chi connectivity index (χ1v) is 12.5. The molecule has 0 bridgehead atoms. The number of nitrogens with zero attached hydrogens (tertiary/aromatic N) is 1. The van der Waals surface area contributed by atoms with Crippen LogP contribution in [0, 0.1) is 11.6 Å². The third-order valence-electron chi connectivity index (χ3n) is 6.59. The molecular formula is C26H28F4N4O5. The van der Waals surface area contributed by atoms with Gasteiger partial charge in [-0.1, -0.05) is 25.3 Å². The number of carbonyl (C=O) groups excluding carboxylic acids is 2. The second-order valence-electron chi connectivity index (χ2n) is 9.40. The Balaban J connectivity index is 1.49. The molecule has 13 heteroatoms. The number of nitrogens with one attached hydrogen (secondary N) is 3. The Labute approximate surface area is 221 Å². The number of hydrogen-bond donors (Lipinski definition) is 4.